The lowest BCUT2D eigenvalue weighted by Crippen LogP contribution is -2.53. The normalized spacial score (nSPS) is 19.8. The third-order valence-corrected chi connectivity index (χ3v) is 6.76. The molecule has 3 rings (SSSR count). The summed E-state index contributed by atoms with van der Waals surface area (Å²) in [5.74, 6) is -0.825. The molecule has 2 saturated heterocycles. The van der Waals surface area contributed by atoms with Crippen LogP contribution in [0.3, 0.4) is 0 Å². The molecule has 1 aromatic rings. The van der Waals surface area contributed by atoms with Crippen molar-refractivity contribution in [1.29, 1.82) is 0 Å². The summed E-state index contributed by atoms with van der Waals surface area (Å²) >= 11 is 0. The Hall–Kier alpha value is -2.29. The summed E-state index contributed by atoms with van der Waals surface area (Å²) in [5.41, 5.74) is 3.14. The smallest absolute Gasteiger partial charge is 0.425 e. The molecule has 0 aliphatic carbocycles. The summed E-state index contributed by atoms with van der Waals surface area (Å²) in [5, 5.41) is 9.07. The van der Waals surface area contributed by atoms with E-state index in [1.54, 1.807) is 0 Å². The van der Waals surface area contributed by atoms with Gasteiger partial charge < -0.3 is 14.7 Å². The third-order valence-electron chi connectivity index (χ3n) is 6.76. The molecule has 1 amide bonds. The summed E-state index contributed by atoms with van der Waals surface area (Å²) < 4.78 is 42.7. The van der Waals surface area contributed by atoms with Crippen LogP contribution in [-0.2, 0) is 22.5 Å². The fraction of sp³-hybridized carbons (Fsp3) is 0.652. The molecule has 1 atom stereocenters. The lowest BCUT2D eigenvalue weighted by molar-refractivity contribution is -0.200. The van der Waals surface area contributed by atoms with Gasteiger partial charge in [-0.15, -0.1) is 0 Å². The Kier molecular flexibility index (Phi) is 7.37. The average Bonchev–Trinajstić information content (AvgIpc) is 3.09. The third kappa shape index (κ3) is 5.74. The number of ether oxygens (including phenoxy) is 1. The van der Waals surface area contributed by atoms with Gasteiger partial charge in [0.2, 0.25) is 0 Å². The molecule has 0 radical (unpaired) electrons. The highest BCUT2D eigenvalue weighted by Crippen LogP contribution is 2.40. The molecule has 1 unspecified atom stereocenters. The van der Waals surface area contributed by atoms with Gasteiger partial charge in [-0.05, 0) is 63.6 Å². The molecule has 2 fully saturated rings. The van der Waals surface area contributed by atoms with E-state index in [2.05, 4.69) is 15.7 Å². The minimum absolute atomic E-state index is 0.0784. The maximum atomic E-state index is 12.7. The number of aryl methyl sites for hydroxylation is 2. The molecule has 32 heavy (non-hydrogen) atoms. The van der Waals surface area contributed by atoms with E-state index >= 15 is 0 Å². The van der Waals surface area contributed by atoms with Crippen LogP contribution in [0.1, 0.15) is 55.7 Å². The monoisotopic (exact) mass is 456 g/mol. The molecule has 2 heterocycles. The molecule has 1 N–H and O–H groups in total. The highest BCUT2D eigenvalue weighted by atomic mass is 19.4. The zero-order valence-electron chi connectivity index (χ0n) is 18.6. The molecule has 9 heteroatoms. The molecule has 0 bridgehead atoms. The molecule has 0 saturated carbocycles. The minimum atomic E-state index is -4.57. The van der Waals surface area contributed by atoms with Gasteiger partial charge in [0.25, 0.3) is 0 Å². The zero-order chi connectivity index (χ0) is 23.5. The van der Waals surface area contributed by atoms with Crippen LogP contribution in [0.4, 0.5) is 18.0 Å². The van der Waals surface area contributed by atoms with E-state index in [-0.39, 0.29) is 12.0 Å². The Morgan fingerprint density at radius 2 is 1.84 bits per heavy atom. The summed E-state index contributed by atoms with van der Waals surface area (Å²) in [4.78, 5) is 27.0. The van der Waals surface area contributed by atoms with Crippen LogP contribution in [0.5, 0.6) is 0 Å². The van der Waals surface area contributed by atoms with Crippen LogP contribution in [0.2, 0.25) is 0 Å². The number of carboxylic acid groups (broad SMARTS) is 1. The van der Waals surface area contributed by atoms with Crippen LogP contribution in [0.25, 0.3) is 0 Å². The number of nitrogens with zero attached hydrogens (tertiary/aromatic N) is 2. The van der Waals surface area contributed by atoms with Gasteiger partial charge in [0.05, 0.1) is 0 Å². The molecule has 1 spiro atoms. The lowest BCUT2D eigenvalue weighted by Gasteiger charge is -2.45. The van der Waals surface area contributed by atoms with E-state index in [9.17, 15) is 22.8 Å². The first-order chi connectivity index (χ1) is 15.0. The van der Waals surface area contributed by atoms with E-state index < -0.39 is 24.3 Å². The fourth-order valence-electron chi connectivity index (χ4n) is 4.79. The summed E-state index contributed by atoms with van der Waals surface area (Å²) in [6.45, 7) is 5.15. The largest absolute Gasteiger partial charge is 0.481 e. The number of likely N-dealkylation sites (tertiary alicyclic amines) is 2. The first-order valence-corrected chi connectivity index (χ1v) is 11.1. The number of carboxylic acids is 1. The first kappa shape index (κ1) is 24.4. The fourth-order valence-corrected chi connectivity index (χ4v) is 4.79. The number of benzene rings is 1. The predicted molar refractivity (Wildman–Crippen MR) is 112 cm³/mol. The van der Waals surface area contributed by atoms with Crippen LogP contribution < -0.4 is 0 Å². The van der Waals surface area contributed by atoms with Crippen LogP contribution in [0, 0.1) is 6.92 Å². The van der Waals surface area contributed by atoms with Gasteiger partial charge in [0, 0.05) is 31.6 Å². The summed E-state index contributed by atoms with van der Waals surface area (Å²) in [6.07, 6.45) is -3.70. The lowest BCUT2D eigenvalue weighted by atomic mass is 9.84. The number of carbonyl (C=O) groups is 2. The Labute approximate surface area is 186 Å². The second-order valence-corrected chi connectivity index (χ2v) is 8.97. The molecule has 178 valence electrons. The van der Waals surface area contributed by atoms with Gasteiger partial charge in [0.1, 0.15) is 0 Å². The van der Waals surface area contributed by atoms with Gasteiger partial charge in [-0.2, -0.15) is 13.2 Å². The Morgan fingerprint density at radius 3 is 2.47 bits per heavy atom. The van der Waals surface area contributed by atoms with Crippen molar-refractivity contribution in [3.05, 3.63) is 34.9 Å². The van der Waals surface area contributed by atoms with Crippen LogP contribution in [0.15, 0.2) is 18.2 Å². The molecule has 2 aliphatic rings. The van der Waals surface area contributed by atoms with Gasteiger partial charge in [0.15, 0.2) is 6.10 Å². The number of hydrogen-bond acceptors (Lipinski definition) is 4. The highest BCUT2D eigenvalue weighted by molar-refractivity contribution is 5.68. The quantitative estimate of drug-likeness (QED) is 0.681. The second-order valence-electron chi connectivity index (χ2n) is 8.97. The molecule has 1 aromatic carbocycles. The number of rotatable bonds is 6. The zero-order valence-corrected chi connectivity index (χ0v) is 18.6. The van der Waals surface area contributed by atoms with Crippen molar-refractivity contribution in [2.75, 3.05) is 19.6 Å². The SMILES string of the molecule is Cc1ccc(CN2CCCC23CCN(C(=O)OC(C)C(F)(F)F)CC3)c(CCC(=O)O)c1. The average molecular weight is 457 g/mol. The van der Waals surface area contributed by atoms with Crippen molar-refractivity contribution in [1.82, 2.24) is 9.80 Å². The second kappa shape index (κ2) is 9.68. The summed E-state index contributed by atoms with van der Waals surface area (Å²) in [7, 11) is 0. The van der Waals surface area contributed by atoms with Gasteiger partial charge in [-0.25, -0.2) is 4.79 Å². The van der Waals surface area contributed by atoms with Crippen LogP contribution >= 0.6 is 0 Å². The molecule has 0 aromatic heterocycles. The van der Waals surface area contributed by atoms with E-state index in [4.69, 9.17) is 5.11 Å². The number of aliphatic carboxylic acids is 1. The Bertz CT molecular complexity index is 835. The van der Waals surface area contributed by atoms with E-state index in [1.807, 2.05) is 19.1 Å². The highest BCUT2D eigenvalue weighted by Gasteiger charge is 2.45. The van der Waals surface area contributed by atoms with Crippen molar-refractivity contribution >= 4 is 12.1 Å². The van der Waals surface area contributed by atoms with Gasteiger partial charge in [-0.1, -0.05) is 23.8 Å². The predicted octanol–water partition coefficient (Wildman–Crippen LogP) is 4.53. The number of hydrogen-bond donors (Lipinski definition) is 1. The Morgan fingerprint density at radius 1 is 1.16 bits per heavy atom. The number of piperidine rings is 1. The summed E-state index contributed by atoms with van der Waals surface area (Å²) in [6, 6.07) is 6.13. The van der Waals surface area contributed by atoms with Gasteiger partial charge in [-0.3, -0.25) is 9.69 Å². The van der Waals surface area contributed by atoms with Crippen molar-refractivity contribution in [2.45, 2.75) is 76.7 Å². The van der Waals surface area contributed by atoms with E-state index in [1.165, 1.54) is 4.90 Å². The topological polar surface area (TPSA) is 70.1 Å². The van der Waals surface area contributed by atoms with Gasteiger partial charge >= 0.3 is 18.2 Å². The molecule has 6 nitrogen and oxygen atoms in total. The first-order valence-electron chi connectivity index (χ1n) is 11.1. The number of alkyl halides is 3. The number of carbonyl (C=O) groups excluding carboxylic acids is 1. The number of halogens is 3. The standard InChI is InChI=1S/C23H31F3N2O4/c1-16-4-5-19(18(14-16)6-7-20(29)30)15-28-11-3-8-22(28)9-12-27(13-10-22)21(31)32-17(2)23(24,25)26/h4-5,14,17H,3,6-13,15H2,1-2H3,(H,29,30). The van der Waals surface area contributed by atoms with Crippen molar-refractivity contribution in [2.24, 2.45) is 0 Å². The minimum Gasteiger partial charge on any atom is -0.481 e. The van der Waals surface area contributed by atoms with Crippen molar-refractivity contribution in [3.63, 3.8) is 0 Å². The maximum Gasteiger partial charge on any atom is 0.425 e. The molecule has 2 aliphatic heterocycles. The van der Waals surface area contributed by atoms with Crippen molar-refractivity contribution in [3.8, 4) is 0 Å². The van der Waals surface area contributed by atoms with Crippen LogP contribution in [-0.4, -0.2) is 64.4 Å². The molecular formula is C23H31F3N2O4. The maximum absolute atomic E-state index is 12.7. The van der Waals surface area contributed by atoms with E-state index in [0.717, 1.165) is 43.0 Å². The number of amides is 1. The van der Waals surface area contributed by atoms with E-state index in [0.29, 0.717) is 38.9 Å². The Balaban J connectivity index is 1.64. The van der Waals surface area contributed by atoms with Crippen molar-refractivity contribution < 1.29 is 32.6 Å². The molecular weight excluding hydrogens is 425 g/mol.